The third-order valence-corrected chi connectivity index (χ3v) is 3.73. The van der Waals surface area contributed by atoms with Crippen LogP contribution < -0.4 is 5.32 Å². The minimum atomic E-state index is -0.998. The zero-order chi connectivity index (χ0) is 18.4. The first-order valence-corrected chi connectivity index (χ1v) is 7.71. The van der Waals surface area contributed by atoms with E-state index in [0.717, 1.165) is 5.56 Å². The molecule has 1 aromatic carbocycles. The topological polar surface area (TPSA) is 105 Å². The lowest BCUT2D eigenvalue weighted by atomic mass is 10.1. The summed E-state index contributed by atoms with van der Waals surface area (Å²) >= 11 is 0. The summed E-state index contributed by atoms with van der Waals surface area (Å²) in [6.45, 7) is 1.90. The van der Waals surface area contributed by atoms with Crippen LogP contribution in [0.3, 0.4) is 0 Å². The lowest BCUT2D eigenvalue weighted by molar-refractivity contribution is -0.137. The Kier molecular flexibility index (Phi) is 5.89. The van der Waals surface area contributed by atoms with Crippen LogP contribution in [0.2, 0.25) is 0 Å². The smallest absolute Gasteiger partial charge is 0.335 e. The molecule has 1 unspecified atom stereocenters. The van der Waals surface area contributed by atoms with Crippen LogP contribution in [0, 0.1) is 0 Å². The molecule has 25 heavy (non-hydrogen) atoms. The van der Waals surface area contributed by atoms with Crippen molar-refractivity contribution in [3.8, 4) is 0 Å². The van der Waals surface area contributed by atoms with Gasteiger partial charge in [-0.25, -0.2) is 4.79 Å². The van der Waals surface area contributed by atoms with Crippen LogP contribution in [0.15, 0.2) is 42.7 Å². The summed E-state index contributed by atoms with van der Waals surface area (Å²) in [7, 11) is 1.56. The molecule has 2 aromatic rings. The molecule has 0 aliphatic carbocycles. The summed E-state index contributed by atoms with van der Waals surface area (Å²) in [4.78, 5) is 36.4. The monoisotopic (exact) mass is 344 g/mol. The quantitative estimate of drug-likeness (QED) is 0.777. The van der Waals surface area contributed by atoms with Crippen LogP contribution in [0.4, 0.5) is 0 Å². The molecule has 0 fully saturated rings. The number of nitrogens with zero attached hydrogens (tertiary/aromatic N) is 3. The number of carboxylic acid groups (broad SMARTS) is 1. The lowest BCUT2D eigenvalue weighted by Crippen LogP contribution is -2.40. The Morgan fingerprint density at radius 3 is 2.52 bits per heavy atom. The summed E-state index contributed by atoms with van der Waals surface area (Å²) in [6.07, 6.45) is 3.28. The van der Waals surface area contributed by atoms with Gasteiger partial charge in [0, 0.05) is 26.0 Å². The summed E-state index contributed by atoms with van der Waals surface area (Å²) in [5.74, 6) is -1.52. The Bertz CT molecular complexity index is 741. The second-order valence-corrected chi connectivity index (χ2v) is 5.64. The third kappa shape index (κ3) is 4.90. The summed E-state index contributed by atoms with van der Waals surface area (Å²) < 4.78 is 1.53. The van der Waals surface area contributed by atoms with E-state index >= 15 is 0 Å². The zero-order valence-electron chi connectivity index (χ0n) is 14.0. The van der Waals surface area contributed by atoms with Gasteiger partial charge in [0.05, 0.1) is 12.1 Å². The van der Waals surface area contributed by atoms with E-state index in [9.17, 15) is 14.4 Å². The van der Waals surface area contributed by atoms with Crippen molar-refractivity contribution in [2.75, 3.05) is 13.6 Å². The van der Waals surface area contributed by atoms with Gasteiger partial charge in [-0.2, -0.15) is 5.10 Å². The number of hydrogen-bond donors (Lipinski definition) is 2. The normalized spacial score (nSPS) is 11.6. The van der Waals surface area contributed by atoms with Gasteiger partial charge in [-0.3, -0.25) is 14.3 Å². The maximum Gasteiger partial charge on any atom is 0.335 e. The molecule has 2 amide bonds. The van der Waals surface area contributed by atoms with Crippen molar-refractivity contribution in [3.05, 3.63) is 53.9 Å². The predicted octanol–water partition coefficient (Wildman–Crippen LogP) is 0.917. The highest BCUT2D eigenvalue weighted by Crippen LogP contribution is 2.07. The Hall–Kier alpha value is -3.16. The Balaban J connectivity index is 1.83. The molecule has 0 saturated heterocycles. The minimum Gasteiger partial charge on any atom is -0.478 e. The standard InChI is InChI=1S/C17H20N4O4/c1-12(21-9-3-8-19-21)16(23)20(2)11-15(22)18-10-13-4-6-14(7-5-13)17(24)25/h3-9,12H,10-11H2,1-2H3,(H,18,22)(H,24,25). The minimum absolute atomic E-state index is 0.0718. The van der Waals surface area contributed by atoms with E-state index in [2.05, 4.69) is 10.4 Å². The molecule has 132 valence electrons. The molecular formula is C17H20N4O4. The van der Waals surface area contributed by atoms with Crippen LogP contribution in [0.1, 0.15) is 28.9 Å². The molecule has 0 saturated carbocycles. The number of rotatable bonds is 7. The van der Waals surface area contributed by atoms with E-state index in [1.54, 1.807) is 44.6 Å². The van der Waals surface area contributed by atoms with Crippen molar-refractivity contribution in [1.82, 2.24) is 20.0 Å². The van der Waals surface area contributed by atoms with Crippen molar-refractivity contribution < 1.29 is 19.5 Å². The van der Waals surface area contributed by atoms with E-state index in [1.165, 1.54) is 21.7 Å². The molecule has 1 heterocycles. The van der Waals surface area contributed by atoms with E-state index in [0.29, 0.717) is 0 Å². The molecule has 1 aromatic heterocycles. The number of carboxylic acids is 1. The van der Waals surface area contributed by atoms with Crippen molar-refractivity contribution >= 4 is 17.8 Å². The second kappa shape index (κ2) is 8.09. The molecule has 8 heteroatoms. The van der Waals surface area contributed by atoms with E-state index < -0.39 is 12.0 Å². The first-order chi connectivity index (χ1) is 11.9. The van der Waals surface area contributed by atoms with Gasteiger partial charge in [-0.15, -0.1) is 0 Å². The first kappa shape index (κ1) is 18.2. The number of aromatic nitrogens is 2. The highest BCUT2D eigenvalue weighted by molar-refractivity contribution is 5.87. The van der Waals surface area contributed by atoms with Crippen LogP contribution in [0.5, 0.6) is 0 Å². The first-order valence-electron chi connectivity index (χ1n) is 7.71. The molecule has 0 radical (unpaired) electrons. The van der Waals surface area contributed by atoms with E-state index in [4.69, 9.17) is 5.11 Å². The average molecular weight is 344 g/mol. The summed E-state index contributed by atoms with van der Waals surface area (Å²) in [6, 6.07) is 7.47. The number of aromatic carboxylic acids is 1. The van der Waals surface area contributed by atoms with E-state index in [-0.39, 0.29) is 30.5 Å². The number of amides is 2. The molecule has 0 bridgehead atoms. The average Bonchev–Trinajstić information content (AvgIpc) is 3.13. The van der Waals surface area contributed by atoms with Gasteiger partial charge in [-0.1, -0.05) is 12.1 Å². The van der Waals surface area contributed by atoms with Crippen LogP contribution >= 0.6 is 0 Å². The van der Waals surface area contributed by atoms with Gasteiger partial charge >= 0.3 is 5.97 Å². The van der Waals surface area contributed by atoms with Gasteiger partial charge in [0.25, 0.3) is 0 Å². The highest BCUT2D eigenvalue weighted by Gasteiger charge is 2.21. The molecule has 2 N–H and O–H groups in total. The van der Waals surface area contributed by atoms with Crippen molar-refractivity contribution in [3.63, 3.8) is 0 Å². The number of carbonyl (C=O) groups is 3. The largest absolute Gasteiger partial charge is 0.478 e. The van der Waals surface area contributed by atoms with Crippen molar-refractivity contribution in [2.24, 2.45) is 0 Å². The second-order valence-electron chi connectivity index (χ2n) is 5.64. The number of carbonyl (C=O) groups excluding carboxylic acids is 2. The number of likely N-dealkylation sites (N-methyl/N-ethyl adjacent to an activating group) is 1. The molecule has 1 atom stereocenters. The SMILES string of the molecule is CC(C(=O)N(C)CC(=O)NCc1ccc(C(=O)O)cc1)n1cccn1. The number of nitrogens with one attached hydrogen (secondary N) is 1. The molecule has 0 aliphatic heterocycles. The van der Waals surface area contributed by atoms with Gasteiger partial charge in [0.1, 0.15) is 6.04 Å². The Morgan fingerprint density at radius 1 is 1.28 bits per heavy atom. The maximum absolute atomic E-state index is 12.3. The lowest BCUT2D eigenvalue weighted by Gasteiger charge is -2.21. The zero-order valence-corrected chi connectivity index (χ0v) is 14.0. The number of benzene rings is 1. The fraction of sp³-hybridized carbons (Fsp3) is 0.294. The highest BCUT2D eigenvalue weighted by atomic mass is 16.4. The molecule has 0 spiro atoms. The van der Waals surface area contributed by atoms with Gasteiger partial charge in [0.15, 0.2) is 0 Å². The molecule has 2 rings (SSSR count). The van der Waals surface area contributed by atoms with Gasteiger partial charge < -0.3 is 15.3 Å². The van der Waals surface area contributed by atoms with Crippen molar-refractivity contribution in [1.29, 1.82) is 0 Å². The van der Waals surface area contributed by atoms with Gasteiger partial charge in [-0.05, 0) is 30.7 Å². The third-order valence-electron chi connectivity index (χ3n) is 3.73. The fourth-order valence-corrected chi connectivity index (χ4v) is 2.26. The maximum atomic E-state index is 12.3. The number of hydrogen-bond acceptors (Lipinski definition) is 4. The fourth-order valence-electron chi connectivity index (χ4n) is 2.26. The molecular weight excluding hydrogens is 324 g/mol. The Labute approximate surface area is 145 Å². The molecule has 8 nitrogen and oxygen atoms in total. The summed E-state index contributed by atoms with van der Waals surface area (Å²) in [5.41, 5.74) is 0.963. The predicted molar refractivity (Wildman–Crippen MR) is 89.8 cm³/mol. The van der Waals surface area contributed by atoms with Gasteiger partial charge in [0.2, 0.25) is 11.8 Å². The van der Waals surface area contributed by atoms with Crippen LogP contribution in [0.25, 0.3) is 0 Å². The Morgan fingerprint density at radius 2 is 1.96 bits per heavy atom. The van der Waals surface area contributed by atoms with Crippen LogP contribution in [-0.2, 0) is 16.1 Å². The summed E-state index contributed by atoms with van der Waals surface area (Å²) in [5, 5.41) is 15.6. The van der Waals surface area contributed by atoms with Crippen molar-refractivity contribution in [2.45, 2.75) is 19.5 Å². The van der Waals surface area contributed by atoms with E-state index in [1.807, 2.05) is 0 Å². The van der Waals surface area contributed by atoms with Crippen LogP contribution in [-0.4, -0.2) is 51.2 Å². The molecule has 0 aliphatic rings.